The summed E-state index contributed by atoms with van der Waals surface area (Å²) in [6, 6.07) is 0.815. The molecule has 146 valence electrons. The first-order chi connectivity index (χ1) is 12.4. The molecule has 8 heteroatoms. The third-order valence-corrected chi connectivity index (χ3v) is 4.99. The number of likely N-dealkylation sites (tertiary alicyclic amines) is 1. The van der Waals surface area contributed by atoms with Gasteiger partial charge in [-0.2, -0.15) is 0 Å². The third-order valence-electron chi connectivity index (χ3n) is 4.99. The number of nitrogens with one attached hydrogen (secondary N) is 1. The van der Waals surface area contributed by atoms with Crippen molar-refractivity contribution in [3.05, 3.63) is 0 Å². The van der Waals surface area contributed by atoms with E-state index in [0.717, 1.165) is 25.7 Å². The number of carbonyl (C=O) groups excluding carboxylic acids is 4. The van der Waals surface area contributed by atoms with Crippen molar-refractivity contribution in [1.82, 2.24) is 15.3 Å². The first-order valence-corrected chi connectivity index (χ1v) is 9.51. The summed E-state index contributed by atoms with van der Waals surface area (Å²) >= 11 is 0. The van der Waals surface area contributed by atoms with E-state index >= 15 is 0 Å². The topological polar surface area (TPSA) is 96.0 Å². The van der Waals surface area contributed by atoms with E-state index < -0.39 is 17.8 Å². The Morgan fingerprint density at radius 3 is 2.54 bits per heavy atom. The van der Waals surface area contributed by atoms with Gasteiger partial charge in [0.15, 0.2) is 0 Å². The van der Waals surface area contributed by atoms with Crippen LogP contribution < -0.4 is 5.32 Å². The minimum Gasteiger partial charge on any atom is -0.354 e. The standard InChI is InChI=1S/C18H29N3O5/c1-3-5-14-7-4-6-13(2)20(14)12-15(22)19-11-10-18(25)26-21-16(23)8-9-17(21)24/h13-14H,3-12H2,1-2H3,(H,19,22). The number of hydrogen-bond acceptors (Lipinski definition) is 6. The monoisotopic (exact) mass is 367 g/mol. The highest BCUT2D eigenvalue weighted by molar-refractivity contribution is 6.01. The van der Waals surface area contributed by atoms with Gasteiger partial charge in [-0.25, -0.2) is 4.79 Å². The van der Waals surface area contributed by atoms with Crippen molar-refractivity contribution in [1.29, 1.82) is 0 Å². The van der Waals surface area contributed by atoms with Gasteiger partial charge >= 0.3 is 5.97 Å². The number of carbonyl (C=O) groups is 4. The van der Waals surface area contributed by atoms with Crippen LogP contribution >= 0.6 is 0 Å². The molecule has 2 unspecified atom stereocenters. The second-order valence-corrected chi connectivity index (χ2v) is 7.04. The number of hydroxylamine groups is 2. The molecule has 3 amide bonds. The Bertz CT molecular complexity index is 533. The third kappa shape index (κ3) is 5.52. The van der Waals surface area contributed by atoms with E-state index in [0.29, 0.717) is 23.7 Å². The van der Waals surface area contributed by atoms with Crippen molar-refractivity contribution in [2.75, 3.05) is 13.1 Å². The van der Waals surface area contributed by atoms with Crippen molar-refractivity contribution in [2.24, 2.45) is 0 Å². The lowest BCUT2D eigenvalue weighted by molar-refractivity contribution is -0.197. The first-order valence-electron chi connectivity index (χ1n) is 9.51. The largest absolute Gasteiger partial charge is 0.354 e. The van der Waals surface area contributed by atoms with Gasteiger partial charge in [0.2, 0.25) is 5.91 Å². The van der Waals surface area contributed by atoms with Gasteiger partial charge in [-0.1, -0.05) is 19.8 Å². The van der Waals surface area contributed by atoms with E-state index in [2.05, 4.69) is 24.1 Å². The molecular weight excluding hydrogens is 338 g/mol. The van der Waals surface area contributed by atoms with Crippen molar-refractivity contribution < 1.29 is 24.0 Å². The Hall–Kier alpha value is -1.96. The number of nitrogens with zero attached hydrogens (tertiary/aromatic N) is 2. The molecular formula is C18H29N3O5. The molecule has 0 aliphatic carbocycles. The lowest BCUT2D eigenvalue weighted by Crippen LogP contribution is -2.50. The highest BCUT2D eigenvalue weighted by atomic mass is 16.7. The molecule has 2 heterocycles. The summed E-state index contributed by atoms with van der Waals surface area (Å²) in [5.41, 5.74) is 0. The highest BCUT2D eigenvalue weighted by Gasteiger charge is 2.33. The molecule has 26 heavy (non-hydrogen) atoms. The fourth-order valence-corrected chi connectivity index (χ4v) is 3.60. The predicted molar refractivity (Wildman–Crippen MR) is 93.5 cm³/mol. The van der Waals surface area contributed by atoms with Gasteiger partial charge in [-0.15, -0.1) is 5.06 Å². The van der Waals surface area contributed by atoms with E-state index in [1.54, 1.807) is 0 Å². The quantitative estimate of drug-likeness (QED) is 0.647. The van der Waals surface area contributed by atoms with Crippen LogP contribution in [0.15, 0.2) is 0 Å². The lowest BCUT2D eigenvalue weighted by atomic mass is 9.93. The number of piperidine rings is 1. The van der Waals surface area contributed by atoms with Gasteiger partial charge in [0, 0.05) is 31.5 Å². The fourth-order valence-electron chi connectivity index (χ4n) is 3.60. The van der Waals surface area contributed by atoms with Crippen LogP contribution in [0.1, 0.15) is 65.2 Å². The van der Waals surface area contributed by atoms with Crippen LogP contribution in [-0.2, 0) is 24.0 Å². The van der Waals surface area contributed by atoms with E-state index in [1.165, 1.54) is 6.42 Å². The van der Waals surface area contributed by atoms with Gasteiger partial charge in [0.05, 0.1) is 13.0 Å². The van der Waals surface area contributed by atoms with Crippen molar-refractivity contribution >= 4 is 23.7 Å². The van der Waals surface area contributed by atoms with Crippen LogP contribution in [0.3, 0.4) is 0 Å². The summed E-state index contributed by atoms with van der Waals surface area (Å²) in [6.07, 6.45) is 5.64. The molecule has 2 aliphatic heterocycles. The molecule has 2 rings (SSSR count). The Morgan fingerprint density at radius 2 is 1.88 bits per heavy atom. The Kier molecular flexibility index (Phi) is 7.56. The predicted octanol–water partition coefficient (Wildman–Crippen LogP) is 1.14. The first kappa shape index (κ1) is 20.4. The summed E-state index contributed by atoms with van der Waals surface area (Å²) < 4.78 is 0. The van der Waals surface area contributed by atoms with Crippen LogP contribution in [0.2, 0.25) is 0 Å². The summed E-state index contributed by atoms with van der Waals surface area (Å²) in [7, 11) is 0. The van der Waals surface area contributed by atoms with Gasteiger partial charge in [-0.05, 0) is 26.2 Å². The average molecular weight is 367 g/mol. The summed E-state index contributed by atoms with van der Waals surface area (Å²) in [4.78, 5) is 53.7. The van der Waals surface area contributed by atoms with Gasteiger partial charge in [0.25, 0.3) is 11.8 Å². The molecule has 0 bridgehead atoms. The number of hydrogen-bond donors (Lipinski definition) is 1. The Morgan fingerprint density at radius 1 is 1.19 bits per heavy atom. The maximum Gasteiger partial charge on any atom is 0.334 e. The molecule has 0 aromatic rings. The lowest BCUT2D eigenvalue weighted by Gasteiger charge is -2.40. The van der Waals surface area contributed by atoms with Crippen LogP contribution in [0.5, 0.6) is 0 Å². The van der Waals surface area contributed by atoms with Crippen molar-refractivity contribution in [2.45, 2.75) is 77.3 Å². The van der Waals surface area contributed by atoms with E-state index in [1.807, 2.05) is 0 Å². The van der Waals surface area contributed by atoms with Gasteiger partial charge in [0.1, 0.15) is 0 Å². The van der Waals surface area contributed by atoms with E-state index in [-0.39, 0.29) is 31.7 Å². The molecule has 2 atom stereocenters. The van der Waals surface area contributed by atoms with Crippen LogP contribution in [0.4, 0.5) is 0 Å². The van der Waals surface area contributed by atoms with Crippen LogP contribution in [-0.4, -0.2) is 58.8 Å². The molecule has 0 aromatic carbocycles. The summed E-state index contributed by atoms with van der Waals surface area (Å²) in [5, 5.41) is 3.24. The Labute approximate surface area is 154 Å². The summed E-state index contributed by atoms with van der Waals surface area (Å²) in [5.74, 6) is -1.84. The fraction of sp³-hybridized carbons (Fsp3) is 0.778. The molecule has 0 spiro atoms. The number of rotatable bonds is 8. The highest BCUT2D eigenvalue weighted by Crippen LogP contribution is 2.25. The minimum atomic E-state index is -0.705. The zero-order valence-electron chi connectivity index (χ0n) is 15.7. The van der Waals surface area contributed by atoms with Crippen molar-refractivity contribution in [3.63, 3.8) is 0 Å². The van der Waals surface area contributed by atoms with Crippen molar-refractivity contribution in [3.8, 4) is 0 Å². The maximum absolute atomic E-state index is 12.2. The van der Waals surface area contributed by atoms with Crippen LogP contribution in [0.25, 0.3) is 0 Å². The molecule has 0 aromatic heterocycles. The molecule has 2 aliphatic rings. The molecule has 2 saturated heterocycles. The minimum absolute atomic E-state index is 0.0653. The smallest absolute Gasteiger partial charge is 0.334 e. The number of imide groups is 1. The normalized spacial score (nSPS) is 24.0. The van der Waals surface area contributed by atoms with Gasteiger partial charge in [-0.3, -0.25) is 19.3 Å². The average Bonchev–Trinajstić information content (AvgIpc) is 2.90. The molecule has 0 saturated carbocycles. The molecule has 0 radical (unpaired) electrons. The molecule has 2 fully saturated rings. The zero-order chi connectivity index (χ0) is 19.1. The molecule has 1 N–H and O–H groups in total. The molecule has 8 nitrogen and oxygen atoms in total. The zero-order valence-corrected chi connectivity index (χ0v) is 15.7. The number of amides is 3. The second kappa shape index (κ2) is 9.66. The van der Waals surface area contributed by atoms with Gasteiger partial charge < -0.3 is 10.2 Å². The SMILES string of the molecule is CCCC1CCCC(C)N1CC(=O)NCCC(=O)ON1C(=O)CCC1=O. The van der Waals surface area contributed by atoms with Crippen LogP contribution in [0, 0.1) is 0 Å². The maximum atomic E-state index is 12.2. The van der Waals surface area contributed by atoms with E-state index in [4.69, 9.17) is 4.84 Å². The van der Waals surface area contributed by atoms with E-state index in [9.17, 15) is 19.2 Å². The second-order valence-electron chi connectivity index (χ2n) is 7.04. The Balaban J connectivity index is 1.71. The summed E-state index contributed by atoms with van der Waals surface area (Å²) in [6.45, 7) is 4.74.